The third-order valence-electron chi connectivity index (χ3n) is 2.64. The number of carbonyl (C=O) groups excluding carboxylic acids is 1. The molecule has 8 heteroatoms. The van der Waals surface area contributed by atoms with E-state index in [1.807, 2.05) is 6.92 Å². The minimum atomic E-state index is -0.973. The number of aryl methyl sites for hydroxylation is 1. The van der Waals surface area contributed by atoms with Gasteiger partial charge in [-0.15, -0.1) is 11.8 Å². The molecule has 1 aromatic heterocycles. The number of urea groups is 1. The van der Waals surface area contributed by atoms with E-state index in [1.54, 1.807) is 17.1 Å². The number of carboxylic acids is 1. The topological polar surface area (TPSA) is 87.5 Å². The van der Waals surface area contributed by atoms with Crippen molar-refractivity contribution in [1.82, 2.24) is 14.7 Å². The number of amides is 2. The molecule has 2 amide bonds. The van der Waals surface area contributed by atoms with Crippen molar-refractivity contribution in [3.63, 3.8) is 0 Å². The number of nitrogens with zero attached hydrogens (tertiary/aromatic N) is 3. The van der Waals surface area contributed by atoms with Gasteiger partial charge in [0.2, 0.25) is 0 Å². The van der Waals surface area contributed by atoms with Crippen LogP contribution in [0, 0.1) is 0 Å². The zero-order valence-corrected chi connectivity index (χ0v) is 10.7. The van der Waals surface area contributed by atoms with E-state index >= 15 is 0 Å². The number of carbonyl (C=O) groups is 2. The Morgan fingerprint density at radius 3 is 3.06 bits per heavy atom. The largest absolute Gasteiger partial charge is 0.480 e. The van der Waals surface area contributed by atoms with Gasteiger partial charge in [0.1, 0.15) is 6.04 Å². The third kappa shape index (κ3) is 2.58. The summed E-state index contributed by atoms with van der Waals surface area (Å²) in [6.45, 7) is 2.66. The van der Waals surface area contributed by atoms with Gasteiger partial charge in [0, 0.05) is 18.5 Å². The summed E-state index contributed by atoms with van der Waals surface area (Å²) in [4.78, 5) is 24.2. The summed E-state index contributed by atoms with van der Waals surface area (Å²) in [5.41, 5.74) is 0.572. The number of thioether (sulfide) groups is 1. The molecule has 1 aliphatic rings. The SMILES string of the molecule is CCn1cc(NC(=O)N2CSC[C@H]2C(=O)O)cn1. The van der Waals surface area contributed by atoms with Crippen molar-refractivity contribution in [2.24, 2.45) is 0 Å². The van der Waals surface area contributed by atoms with Crippen LogP contribution < -0.4 is 5.32 Å². The van der Waals surface area contributed by atoms with Crippen LogP contribution >= 0.6 is 11.8 Å². The fourth-order valence-corrected chi connectivity index (χ4v) is 2.79. The molecule has 7 nitrogen and oxygen atoms in total. The minimum absolute atomic E-state index is 0.394. The molecule has 1 saturated heterocycles. The monoisotopic (exact) mass is 270 g/mol. The average molecular weight is 270 g/mol. The Kier molecular flexibility index (Phi) is 3.75. The third-order valence-corrected chi connectivity index (χ3v) is 3.65. The van der Waals surface area contributed by atoms with E-state index in [-0.39, 0.29) is 0 Å². The maximum Gasteiger partial charge on any atom is 0.327 e. The van der Waals surface area contributed by atoms with E-state index in [0.29, 0.717) is 23.9 Å². The summed E-state index contributed by atoms with van der Waals surface area (Å²) in [5.74, 6) is -0.152. The summed E-state index contributed by atoms with van der Waals surface area (Å²) in [6, 6.07) is -1.15. The lowest BCUT2D eigenvalue weighted by Gasteiger charge is -2.20. The highest BCUT2D eigenvalue weighted by molar-refractivity contribution is 7.99. The standard InChI is InChI=1S/C10H14N4O3S/c1-2-13-4-7(3-11-13)12-10(17)14-6-18-5-8(14)9(15)16/h3-4,8H,2,5-6H2,1H3,(H,12,17)(H,15,16)/t8-/m0/s1. The number of rotatable bonds is 3. The molecule has 18 heavy (non-hydrogen) atoms. The summed E-state index contributed by atoms with van der Waals surface area (Å²) in [6.07, 6.45) is 3.25. The smallest absolute Gasteiger partial charge is 0.327 e. The van der Waals surface area contributed by atoms with Gasteiger partial charge in [-0.1, -0.05) is 0 Å². The van der Waals surface area contributed by atoms with Gasteiger partial charge in [0.25, 0.3) is 0 Å². The maximum absolute atomic E-state index is 11.9. The van der Waals surface area contributed by atoms with Crippen molar-refractivity contribution in [2.75, 3.05) is 16.9 Å². The highest BCUT2D eigenvalue weighted by Gasteiger charge is 2.34. The molecule has 0 radical (unpaired) electrons. The van der Waals surface area contributed by atoms with Gasteiger partial charge >= 0.3 is 12.0 Å². The van der Waals surface area contributed by atoms with Gasteiger partial charge in [-0.3, -0.25) is 4.68 Å². The Balaban J connectivity index is 2.01. The molecule has 1 aliphatic heterocycles. The first-order chi connectivity index (χ1) is 8.61. The molecule has 0 bridgehead atoms. The molecule has 2 rings (SSSR count). The van der Waals surface area contributed by atoms with E-state index in [0.717, 1.165) is 0 Å². The maximum atomic E-state index is 11.9. The van der Waals surface area contributed by atoms with Gasteiger partial charge in [-0.05, 0) is 6.92 Å². The van der Waals surface area contributed by atoms with Gasteiger partial charge in [-0.2, -0.15) is 5.10 Å². The number of aliphatic carboxylic acids is 1. The van der Waals surface area contributed by atoms with Crippen LogP contribution in [0.1, 0.15) is 6.92 Å². The fraction of sp³-hybridized carbons (Fsp3) is 0.500. The van der Waals surface area contributed by atoms with Gasteiger partial charge < -0.3 is 15.3 Å². The second-order valence-corrected chi connectivity index (χ2v) is 4.84. The van der Waals surface area contributed by atoms with Crippen LogP contribution in [0.2, 0.25) is 0 Å². The predicted molar refractivity (Wildman–Crippen MR) is 67.5 cm³/mol. The summed E-state index contributed by atoms with van der Waals surface area (Å²) in [5, 5.41) is 15.7. The molecule has 2 N–H and O–H groups in total. The van der Waals surface area contributed by atoms with E-state index in [4.69, 9.17) is 5.11 Å². The first-order valence-corrected chi connectivity index (χ1v) is 6.68. The first kappa shape index (κ1) is 12.7. The van der Waals surface area contributed by atoms with Crippen LogP contribution in [0.4, 0.5) is 10.5 Å². The Labute approximate surface area is 108 Å². The molecule has 0 aliphatic carbocycles. The second-order valence-electron chi connectivity index (χ2n) is 3.84. The Hall–Kier alpha value is -1.70. The molecular weight excluding hydrogens is 256 g/mol. The number of hydrogen-bond acceptors (Lipinski definition) is 4. The van der Waals surface area contributed by atoms with E-state index in [9.17, 15) is 9.59 Å². The molecule has 0 aromatic carbocycles. The second kappa shape index (κ2) is 5.30. The highest BCUT2D eigenvalue weighted by Crippen LogP contribution is 2.22. The summed E-state index contributed by atoms with van der Waals surface area (Å²) in [7, 11) is 0. The lowest BCUT2D eigenvalue weighted by molar-refractivity contribution is -0.140. The molecule has 0 spiro atoms. The van der Waals surface area contributed by atoms with Crippen molar-refractivity contribution in [2.45, 2.75) is 19.5 Å². The molecule has 1 atom stereocenters. The van der Waals surface area contributed by atoms with Crippen molar-refractivity contribution in [1.29, 1.82) is 0 Å². The Morgan fingerprint density at radius 2 is 2.44 bits per heavy atom. The van der Waals surface area contributed by atoms with Crippen molar-refractivity contribution in [3.05, 3.63) is 12.4 Å². The Bertz CT molecular complexity index is 462. The molecule has 1 aromatic rings. The van der Waals surface area contributed by atoms with E-state index < -0.39 is 18.0 Å². The molecular formula is C10H14N4O3S. The van der Waals surface area contributed by atoms with Crippen molar-refractivity contribution in [3.8, 4) is 0 Å². The zero-order chi connectivity index (χ0) is 13.1. The minimum Gasteiger partial charge on any atom is -0.480 e. The van der Waals surface area contributed by atoms with Gasteiger partial charge in [-0.25, -0.2) is 9.59 Å². The van der Waals surface area contributed by atoms with Gasteiger partial charge in [0.05, 0.1) is 17.8 Å². The van der Waals surface area contributed by atoms with Crippen LogP contribution in [0.15, 0.2) is 12.4 Å². The van der Waals surface area contributed by atoms with E-state index in [1.165, 1.54) is 16.7 Å². The number of anilines is 1. The van der Waals surface area contributed by atoms with Crippen LogP contribution in [0.5, 0.6) is 0 Å². The number of nitrogens with one attached hydrogen (secondary N) is 1. The molecule has 0 saturated carbocycles. The molecule has 2 heterocycles. The summed E-state index contributed by atoms with van der Waals surface area (Å²) >= 11 is 1.43. The van der Waals surface area contributed by atoms with E-state index in [2.05, 4.69) is 10.4 Å². The molecule has 0 unspecified atom stereocenters. The Morgan fingerprint density at radius 1 is 1.67 bits per heavy atom. The van der Waals surface area contributed by atoms with Crippen LogP contribution in [0.3, 0.4) is 0 Å². The lowest BCUT2D eigenvalue weighted by atomic mass is 10.3. The lowest BCUT2D eigenvalue weighted by Crippen LogP contribution is -2.43. The highest BCUT2D eigenvalue weighted by atomic mass is 32.2. The fourth-order valence-electron chi connectivity index (χ4n) is 1.64. The molecule has 1 fully saturated rings. The molecule has 98 valence electrons. The quantitative estimate of drug-likeness (QED) is 0.852. The normalized spacial score (nSPS) is 18.9. The number of carboxylic acid groups (broad SMARTS) is 1. The van der Waals surface area contributed by atoms with Crippen LogP contribution in [0.25, 0.3) is 0 Å². The van der Waals surface area contributed by atoms with Gasteiger partial charge in [0.15, 0.2) is 0 Å². The number of hydrogen-bond donors (Lipinski definition) is 2. The number of aromatic nitrogens is 2. The van der Waals surface area contributed by atoms with Crippen molar-refractivity contribution >= 4 is 29.4 Å². The zero-order valence-electron chi connectivity index (χ0n) is 9.87. The van der Waals surface area contributed by atoms with Crippen LogP contribution in [-0.2, 0) is 11.3 Å². The average Bonchev–Trinajstić information content (AvgIpc) is 2.96. The van der Waals surface area contributed by atoms with Crippen molar-refractivity contribution < 1.29 is 14.7 Å². The summed E-state index contributed by atoms with van der Waals surface area (Å²) < 4.78 is 1.68. The predicted octanol–water partition coefficient (Wildman–Crippen LogP) is 0.894. The van der Waals surface area contributed by atoms with Crippen LogP contribution in [-0.4, -0.2) is 49.5 Å². The first-order valence-electron chi connectivity index (χ1n) is 5.52.